The number of nitrogens with two attached hydrogens (primary N) is 1. The summed E-state index contributed by atoms with van der Waals surface area (Å²) in [5.41, 5.74) is 7.57. The van der Waals surface area contributed by atoms with E-state index in [-0.39, 0.29) is 12.1 Å². The number of fused-ring (bicyclic) bond motifs is 1. The van der Waals surface area contributed by atoms with Crippen molar-refractivity contribution in [3.63, 3.8) is 0 Å². The molecule has 0 aliphatic carbocycles. The summed E-state index contributed by atoms with van der Waals surface area (Å²) in [6.07, 6.45) is 1.49. The monoisotopic (exact) mass is 334 g/mol. The van der Waals surface area contributed by atoms with Gasteiger partial charge in [-0.1, -0.05) is 27.2 Å². The number of rotatable bonds is 2. The van der Waals surface area contributed by atoms with Crippen molar-refractivity contribution >= 4 is 32.7 Å². The van der Waals surface area contributed by atoms with Crippen LogP contribution in [0.1, 0.15) is 5.56 Å². The molecule has 3 rings (SSSR count). The SMILES string of the molecule is Cn1ncc2c(=O)n(Cc3ccc(Br)cc3N)nnc21. The molecular weight excluding hydrogens is 324 g/mol. The molecule has 0 radical (unpaired) electrons. The van der Waals surface area contributed by atoms with E-state index in [2.05, 4.69) is 31.3 Å². The van der Waals surface area contributed by atoms with Crippen LogP contribution in [-0.4, -0.2) is 24.8 Å². The highest BCUT2D eigenvalue weighted by molar-refractivity contribution is 9.10. The minimum Gasteiger partial charge on any atom is -0.398 e. The van der Waals surface area contributed by atoms with Crippen LogP contribution in [0.15, 0.2) is 33.7 Å². The summed E-state index contributed by atoms with van der Waals surface area (Å²) in [5, 5.41) is 12.4. The highest BCUT2D eigenvalue weighted by Crippen LogP contribution is 2.18. The van der Waals surface area contributed by atoms with Crippen molar-refractivity contribution in [1.82, 2.24) is 24.8 Å². The molecule has 0 amide bonds. The van der Waals surface area contributed by atoms with Crippen molar-refractivity contribution < 1.29 is 0 Å². The number of halogens is 1. The van der Waals surface area contributed by atoms with Crippen LogP contribution in [0.2, 0.25) is 0 Å². The fourth-order valence-corrected chi connectivity index (χ4v) is 2.33. The van der Waals surface area contributed by atoms with Crippen LogP contribution in [0.25, 0.3) is 11.0 Å². The lowest BCUT2D eigenvalue weighted by molar-refractivity contribution is 0.596. The molecule has 20 heavy (non-hydrogen) atoms. The Labute approximate surface area is 122 Å². The summed E-state index contributed by atoms with van der Waals surface area (Å²) < 4.78 is 3.69. The Balaban J connectivity index is 2.07. The van der Waals surface area contributed by atoms with Gasteiger partial charge in [0.15, 0.2) is 5.65 Å². The second-order valence-corrected chi connectivity index (χ2v) is 5.32. The molecule has 0 bridgehead atoms. The summed E-state index contributed by atoms with van der Waals surface area (Å²) in [4.78, 5) is 12.3. The van der Waals surface area contributed by atoms with E-state index in [1.807, 2.05) is 12.1 Å². The lowest BCUT2D eigenvalue weighted by Gasteiger charge is -2.07. The first kappa shape index (κ1) is 12.8. The minimum absolute atomic E-state index is 0.231. The zero-order valence-corrected chi connectivity index (χ0v) is 12.2. The molecule has 8 heteroatoms. The maximum Gasteiger partial charge on any atom is 0.281 e. The van der Waals surface area contributed by atoms with Gasteiger partial charge in [-0.2, -0.15) is 5.10 Å². The Kier molecular flexibility index (Phi) is 3.01. The van der Waals surface area contributed by atoms with E-state index < -0.39 is 0 Å². The molecule has 0 spiro atoms. The normalized spacial score (nSPS) is 11.1. The quantitative estimate of drug-likeness (QED) is 0.703. The number of anilines is 1. The van der Waals surface area contributed by atoms with Gasteiger partial charge in [0, 0.05) is 17.2 Å². The zero-order valence-electron chi connectivity index (χ0n) is 10.6. The predicted molar refractivity (Wildman–Crippen MR) is 78.2 cm³/mol. The first-order valence-corrected chi connectivity index (χ1v) is 6.65. The molecule has 0 saturated heterocycles. The third-order valence-electron chi connectivity index (χ3n) is 3.05. The third kappa shape index (κ3) is 2.07. The maximum absolute atomic E-state index is 12.3. The van der Waals surface area contributed by atoms with Gasteiger partial charge in [0.1, 0.15) is 5.39 Å². The highest BCUT2D eigenvalue weighted by atomic mass is 79.9. The van der Waals surface area contributed by atoms with Crippen LogP contribution in [-0.2, 0) is 13.6 Å². The largest absolute Gasteiger partial charge is 0.398 e. The summed E-state index contributed by atoms with van der Waals surface area (Å²) in [7, 11) is 1.72. The zero-order chi connectivity index (χ0) is 14.3. The first-order chi connectivity index (χ1) is 9.56. The molecule has 0 unspecified atom stereocenters. The number of aryl methyl sites for hydroxylation is 1. The molecule has 2 heterocycles. The molecule has 0 fully saturated rings. The van der Waals surface area contributed by atoms with Gasteiger partial charge in [-0.25, -0.2) is 9.36 Å². The Morgan fingerprint density at radius 2 is 2.20 bits per heavy atom. The fourth-order valence-electron chi connectivity index (χ4n) is 1.95. The highest BCUT2D eigenvalue weighted by Gasteiger charge is 2.10. The number of hydrogen-bond acceptors (Lipinski definition) is 5. The molecule has 2 N–H and O–H groups in total. The van der Waals surface area contributed by atoms with E-state index >= 15 is 0 Å². The lowest BCUT2D eigenvalue weighted by atomic mass is 10.2. The topological polar surface area (TPSA) is 91.6 Å². The number of benzene rings is 1. The molecule has 2 aromatic heterocycles. The van der Waals surface area contributed by atoms with E-state index in [0.29, 0.717) is 16.7 Å². The van der Waals surface area contributed by atoms with Crippen molar-refractivity contribution in [2.75, 3.05) is 5.73 Å². The molecule has 0 saturated carbocycles. The van der Waals surface area contributed by atoms with E-state index in [4.69, 9.17) is 5.73 Å². The van der Waals surface area contributed by atoms with Gasteiger partial charge in [0.25, 0.3) is 5.56 Å². The maximum atomic E-state index is 12.3. The van der Waals surface area contributed by atoms with E-state index in [9.17, 15) is 4.79 Å². The lowest BCUT2D eigenvalue weighted by Crippen LogP contribution is -2.25. The molecular formula is C12H11BrN6O. The van der Waals surface area contributed by atoms with Gasteiger partial charge in [-0.05, 0) is 17.7 Å². The first-order valence-electron chi connectivity index (χ1n) is 5.85. The summed E-state index contributed by atoms with van der Waals surface area (Å²) >= 11 is 3.34. The van der Waals surface area contributed by atoms with Crippen LogP contribution in [0.4, 0.5) is 5.69 Å². The van der Waals surface area contributed by atoms with Crippen molar-refractivity contribution in [1.29, 1.82) is 0 Å². The molecule has 7 nitrogen and oxygen atoms in total. The van der Waals surface area contributed by atoms with Crippen molar-refractivity contribution in [3.05, 3.63) is 44.8 Å². The number of nitrogens with zero attached hydrogens (tertiary/aromatic N) is 5. The molecule has 1 aromatic carbocycles. The average molecular weight is 335 g/mol. The van der Waals surface area contributed by atoms with Gasteiger partial charge in [-0.15, -0.1) is 5.10 Å². The average Bonchev–Trinajstić information content (AvgIpc) is 2.78. The van der Waals surface area contributed by atoms with Crippen molar-refractivity contribution in [2.45, 2.75) is 6.54 Å². The third-order valence-corrected chi connectivity index (χ3v) is 3.54. The molecule has 0 aliphatic rings. The van der Waals surface area contributed by atoms with Crippen LogP contribution in [0.3, 0.4) is 0 Å². The standard InChI is InChI=1S/C12H11BrN6O/c1-18-11-9(5-15-18)12(20)19(17-16-11)6-7-2-3-8(13)4-10(7)14/h2-5H,6,14H2,1H3. The van der Waals surface area contributed by atoms with Gasteiger partial charge in [0.05, 0.1) is 12.7 Å². The molecule has 102 valence electrons. The summed E-state index contributed by atoms with van der Waals surface area (Å²) in [6, 6.07) is 5.50. The number of nitrogen functional groups attached to an aromatic ring is 1. The fraction of sp³-hybridized carbons (Fsp3) is 0.167. The Morgan fingerprint density at radius 3 is 2.95 bits per heavy atom. The molecule has 3 aromatic rings. The minimum atomic E-state index is -0.231. The number of hydrogen-bond donors (Lipinski definition) is 1. The molecule has 0 aliphatic heterocycles. The van der Waals surface area contributed by atoms with Gasteiger partial charge < -0.3 is 5.73 Å². The predicted octanol–water partition coefficient (Wildman–Crippen LogP) is 0.918. The van der Waals surface area contributed by atoms with Gasteiger partial charge >= 0.3 is 0 Å². The van der Waals surface area contributed by atoms with E-state index in [1.54, 1.807) is 13.1 Å². The Hall–Kier alpha value is -2.22. The summed E-state index contributed by atoms with van der Waals surface area (Å²) in [6.45, 7) is 0.274. The Morgan fingerprint density at radius 1 is 1.40 bits per heavy atom. The second-order valence-electron chi connectivity index (χ2n) is 4.40. The number of aromatic nitrogens is 5. The van der Waals surface area contributed by atoms with Crippen LogP contribution in [0, 0.1) is 0 Å². The van der Waals surface area contributed by atoms with Gasteiger partial charge in [0.2, 0.25) is 0 Å². The summed E-state index contributed by atoms with van der Waals surface area (Å²) in [5.74, 6) is 0. The smallest absolute Gasteiger partial charge is 0.281 e. The van der Waals surface area contributed by atoms with E-state index in [1.165, 1.54) is 15.6 Å². The van der Waals surface area contributed by atoms with Crippen LogP contribution in [0.5, 0.6) is 0 Å². The second kappa shape index (κ2) is 4.71. The van der Waals surface area contributed by atoms with Crippen molar-refractivity contribution in [2.24, 2.45) is 7.05 Å². The van der Waals surface area contributed by atoms with E-state index in [0.717, 1.165) is 10.0 Å². The van der Waals surface area contributed by atoms with Crippen LogP contribution >= 0.6 is 15.9 Å². The molecule has 0 atom stereocenters. The van der Waals surface area contributed by atoms with Crippen LogP contribution < -0.4 is 11.3 Å². The van der Waals surface area contributed by atoms with Crippen molar-refractivity contribution in [3.8, 4) is 0 Å². The van der Waals surface area contributed by atoms with Gasteiger partial charge in [-0.3, -0.25) is 4.79 Å². The Bertz CT molecular complexity index is 853.